The van der Waals surface area contributed by atoms with Crippen molar-refractivity contribution in [3.8, 4) is 0 Å². The first-order valence-corrected chi connectivity index (χ1v) is 9.09. The zero-order valence-corrected chi connectivity index (χ0v) is 16.2. The van der Waals surface area contributed by atoms with Crippen molar-refractivity contribution >= 4 is 28.7 Å². The second kappa shape index (κ2) is 8.88. The van der Waals surface area contributed by atoms with E-state index in [1.807, 2.05) is 13.8 Å². The molecule has 0 spiro atoms. The van der Waals surface area contributed by atoms with Crippen LogP contribution in [0, 0.1) is 5.92 Å². The molecule has 4 N–H and O–H groups in total. The molecular weight excluding hydrogens is 376 g/mol. The molecule has 8 nitrogen and oxygen atoms in total. The number of nitrogens with zero attached hydrogens (tertiary/aromatic N) is 1. The van der Waals surface area contributed by atoms with E-state index in [-0.39, 0.29) is 26.2 Å². The third-order valence-corrected chi connectivity index (χ3v) is 4.48. The Labute approximate surface area is 161 Å². The lowest BCUT2D eigenvalue weighted by molar-refractivity contribution is -0.152. The standard InChI is InChI=1S/C18H25ClN2O6/c1-11(2)6-12-7-15-14(8-13(12)19)21(17(25)27-15)9-18(20,10-23)16(24)26-5-3-4-22/h7-8,11,22-23H,3-6,9-10,20H2,1-2H3. The van der Waals surface area contributed by atoms with Gasteiger partial charge in [0.25, 0.3) is 0 Å². The first kappa shape index (κ1) is 21.4. The molecule has 1 aromatic carbocycles. The van der Waals surface area contributed by atoms with Gasteiger partial charge in [-0.25, -0.2) is 9.59 Å². The molecule has 0 saturated heterocycles. The molecule has 0 aliphatic carbocycles. The van der Waals surface area contributed by atoms with Gasteiger partial charge in [0.05, 0.1) is 25.3 Å². The SMILES string of the molecule is CC(C)Cc1cc2oc(=O)n(CC(N)(CO)C(=O)OCCCO)c2cc1Cl. The summed E-state index contributed by atoms with van der Waals surface area (Å²) in [6, 6.07) is 3.29. The summed E-state index contributed by atoms with van der Waals surface area (Å²) in [5.74, 6) is -1.22. The number of carbonyl (C=O) groups excluding carboxylic acids is 1. The van der Waals surface area contributed by atoms with E-state index < -0.39 is 23.9 Å². The summed E-state index contributed by atoms with van der Waals surface area (Å²) in [6.45, 7) is 2.84. The number of benzene rings is 1. The minimum absolute atomic E-state index is 0.0420. The van der Waals surface area contributed by atoms with Gasteiger partial charge in [0.2, 0.25) is 0 Å². The number of oxazole rings is 1. The highest BCUT2D eigenvalue weighted by molar-refractivity contribution is 6.32. The van der Waals surface area contributed by atoms with E-state index in [2.05, 4.69) is 0 Å². The van der Waals surface area contributed by atoms with Crippen LogP contribution in [0.4, 0.5) is 0 Å². The summed E-state index contributed by atoms with van der Waals surface area (Å²) in [7, 11) is 0. The highest BCUT2D eigenvalue weighted by Gasteiger charge is 2.37. The molecule has 0 amide bonds. The monoisotopic (exact) mass is 400 g/mol. The Hall–Kier alpha value is -1.87. The van der Waals surface area contributed by atoms with Gasteiger partial charge >= 0.3 is 11.7 Å². The number of aliphatic hydroxyl groups excluding tert-OH is 2. The number of aromatic nitrogens is 1. The summed E-state index contributed by atoms with van der Waals surface area (Å²) < 4.78 is 11.4. The van der Waals surface area contributed by atoms with Gasteiger partial charge in [0, 0.05) is 18.1 Å². The quantitative estimate of drug-likeness (QED) is 0.424. The zero-order chi connectivity index (χ0) is 20.2. The molecule has 27 heavy (non-hydrogen) atoms. The molecule has 0 radical (unpaired) electrons. The first-order chi connectivity index (χ1) is 12.7. The lowest BCUT2D eigenvalue weighted by atomic mass is 10.0. The van der Waals surface area contributed by atoms with Crippen LogP contribution in [0.2, 0.25) is 5.02 Å². The predicted molar refractivity (Wildman–Crippen MR) is 101 cm³/mol. The minimum Gasteiger partial charge on any atom is -0.464 e. The van der Waals surface area contributed by atoms with Gasteiger partial charge in [0.15, 0.2) is 11.1 Å². The molecule has 2 rings (SSSR count). The van der Waals surface area contributed by atoms with Crippen molar-refractivity contribution in [1.29, 1.82) is 0 Å². The van der Waals surface area contributed by atoms with E-state index in [9.17, 15) is 14.7 Å². The minimum atomic E-state index is -1.83. The number of fused-ring (bicyclic) bond motifs is 1. The molecule has 0 bridgehead atoms. The van der Waals surface area contributed by atoms with E-state index in [1.54, 1.807) is 12.1 Å². The highest BCUT2D eigenvalue weighted by atomic mass is 35.5. The Balaban J connectivity index is 2.37. The third kappa shape index (κ3) is 4.90. The van der Waals surface area contributed by atoms with E-state index >= 15 is 0 Å². The van der Waals surface area contributed by atoms with E-state index in [0.717, 1.165) is 16.6 Å². The molecule has 0 fully saturated rings. The summed E-state index contributed by atoms with van der Waals surface area (Å²) >= 11 is 6.33. The van der Waals surface area contributed by atoms with E-state index in [1.165, 1.54) is 0 Å². The summed E-state index contributed by atoms with van der Waals surface area (Å²) in [5, 5.41) is 18.9. The fourth-order valence-electron chi connectivity index (χ4n) is 2.71. The Kier molecular flexibility index (Phi) is 7.05. The van der Waals surface area contributed by atoms with Crippen molar-refractivity contribution in [1.82, 2.24) is 4.57 Å². The van der Waals surface area contributed by atoms with Crippen molar-refractivity contribution in [2.75, 3.05) is 19.8 Å². The number of hydrogen-bond donors (Lipinski definition) is 3. The molecule has 1 heterocycles. The molecule has 1 unspecified atom stereocenters. The normalized spacial score (nSPS) is 13.9. The Morgan fingerprint density at radius 3 is 2.70 bits per heavy atom. The van der Waals surface area contributed by atoms with Gasteiger partial charge in [0.1, 0.15) is 0 Å². The molecular formula is C18H25ClN2O6. The lowest BCUT2D eigenvalue weighted by Crippen LogP contribution is -2.56. The number of nitrogens with two attached hydrogens (primary N) is 1. The molecule has 1 aromatic heterocycles. The van der Waals surface area contributed by atoms with Crippen molar-refractivity contribution in [2.45, 2.75) is 38.8 Å². The molecule has 9 heteroatoms. The van der Waals surface area contributed by atoms with Crippen LogP contribution in [0.5, 0.6) is 0 Å². The number of carbonyl (C=O) groups is 1. The maximum Gasteiger partial charge on any atom is 0.420 e. The van der Waals surface area contributed by atoms with Crippen LogP contribution >= 0.6 is 11.6 Å². The van der Waals surface area contributed by atoms with Crippen LogP contribution in [-0.4, -0.2) is 46.1 Å². The predicted octanol–water partition coefficient (Wildman–Crippen LogP) is 1.06. The zero-order valence-electron chi connectivity index (χ0n) is 15.4. The second-order valence-corrected chi connectivity index (χ2v) is 7.40. The molecule has 0 saturated carbocycles. The van der Waals surface area contributed by atoms with Gasteiger partial charge in [-0.1, -0.05) is 25.4 Å². The average Bonchev–Trinajstić information content (AvgIpc) is 2.89. The van der Waals surface area contributed by atoms with Crippen molar-refractivity contribution in [2.24, 2.45) is 11.7 Å². The summed E-state index contributed by atoms with van der Waals surface area (Å²) in [4.78, 5) is 24.5. The van der Waals surface area contributed by atoms with Crippen LogP contribution in [0.3, 0.4) is 0 Å². The number of halogens is 1. The Bertz CT molecular complexity index is 859. The first-order valence-electron chi connectivity index (χ1n) is 8.71. The molecule has 0 aliphatic rings. The number of ether oxygens (including phenoxy) is 1. The Morgan fingerprint density at radius 1 is 1.41 bits per heavy atom. The highest BCUT2D eigenvalue weighted by Crippen LogP contribution is 2.26. The maximum atomic E-state index is 12.3. The molecule has 1 atom stereocenters. The third-order valence-electron chi connectivity index (χ3n) is 4.13. The number of esters is 1. The fourth-order valence-corrected chi connectivity index (χ4v) is 2.94. The topological polar surface area (TPSA) is 128 Å². The largest absolute Gasteiger partial charge is 0.464 e. The van der Waals surface area contributed by atoms with Gasteiger partial charge in [-0.3, -0.25) is 4.57 Å². The molecule has 150 valence electrons. The molecule has 0 aliphatic heterocycles. The van der Waals surface area contributed by atoms with Crippen LogP contribution in [-0.2, 0) is 22.5 Å². The van der Waals surface area contributed by atoms with Crippen molar-refractivity contribution in [3.05, 3.63) is 33.3 Å². The maximum absolute atomic E-state index is 12.3. The van der Waals surface area contributed by atoms with Gasteiger partial charge in [-0.2, -0.15) is 0 Å². The van der Waals surface area contributed by atoms with Gasteiger partial charge in [-0.05, 0) is 30.0 Å². The molecule has 2 aromatic rings. The van der Waals surface area contributed by atoms with E-state index in [4.69, 9.17) is 31.6 Å². The Morgan fingerprint density at radius 2 is 2.11 bits per heavy atom. The van der Waals surface area contributed by atoms with Crippen LogP contribution in [0.25, 0.3) is 11.1 Å². The second-order valence-electron chi connectivity index (χ2n) is 6.99. The van der Waals surface area contributed by atoms with Crippen LogP contribution in [0.15, 0.2) is 21.3 Å². The summed E-state index contributed by atoms with van der Waals surface area (Å²) in [5.41, 5.74) is 5.71. The van der Waals surface area contributed by atoms with Crippen LogP contribution < -0.4 is 11.5 Å². The van der Waals surface area contributed by atoms with Gasteiger partial charge in [-0.15, -0.1) is 0 Å². The van der Waals surface area contributed by atoms with Crippen molar-refractivity contribution in [3.63, 3.8) is 0 Å². The number of aliphatic hydroxyl groups is 2. The fraction of sp³-hybridized carbons (Fsp3) is 0.556. The van der Waals surface area contributed by atoms with Crippen molar-refractivity contribution < 1.29 is 24.2 Å². The summed E-state index contributed by atoms with van der Waals surface area (Å²) in [6.07, 6.45) is 0.967. The lowest BCUT2D eigenvalue weighted by Gasteiger charge is -2.25. The van der Waals surface area contributed by atoms with E-state index in [0.29, 0.717) is 22.0 Å². The number of hydrogen-bond acceptors (Lipinski definition) is 7. The average molecular weight is 401 g/mol. The van der Waals surface area contributed by atoms with Gasteiger partial charge < -0.3 is 25.1 Å². The number of rotatable bonds is 9. The van der Waals surface area contributed by atoms with Crippen LogP contribution in [0.1, 0.15) is 25.8 Å². The smallest absolute Gasteiger partial charge is 0.420 e.